The molecule has 166 valence electrons. The lowest BCUT2D eigenvalue weighted by molar-refractivity contribution is -0.124. The van der Waals surface area contributed by atoms with Crippen LogP contribution in [0.4, 0.5) is 0 Å². The van der Waals surface area contributed by atoms with E-state index in [1.54, 1.807) is 35.5 Å². The average molecular weight is 442 g/mol. The number of nitrogens with one attached hydrogen (secondary N) is 2. The fourth-order valence-corrected chi connectivity index (χ4v) is 4.28. The molecule has 0 unspecified atom stereocenters. The Labute approximate surface area is 189 Å². The predicted molar refractivity (Wildman–Crippen MR) is 123 cm³/mol. The molecule has 1 aliphatic heterocycles. The van der Waals surface area contributed by atoms with Gasteiger partial charge in [0.05, 0.1) is 11.4 Å². The van der Waals surface area contributed by atoms with Crippen LogP contribution in [0.2, 0.25) is 0 Å². The van der Waals surface area contributed by atoms with E-state index in [-0.39, 0.29) is 11.8 Å². The summed E-state index contributed by atoms with van der Waals surface area (Å²) >= 11 is 0. The summed E-state index contributed by atoms with van der Waals surface area (Å²) in [5.41, 5.74) is 4.42. The van der Waals surface area contributed by atoms with Gasteiger partial charge in [-0.2, -0.15) is 0 Å². The van der Waals surface area contributed by atoms with Gasteiger partial charge in [0.1, 0.15) is 0 Å². The number of benzene rings is 2. The van der Waals surface area contributed by atoms with Crippen LogP contribution in [-0.2, 0) is 11.2 Å². The maximum atomic E-state index is 13.3. The molecule has 4 aromatic rings. The molecule has 8 nitrogen and oxygen atoms in total. The van der Waals surface area contributed by atoms with E-state index >= 15 is 0 Å². The molecular formula is C25H22N4O4. The van der Waals surface area contributed by atoms with Gasteiger partial charge in [-0.05, 0) is 53.4 Å². The lowest BCUT2D eigenvalue weighted by Gasteiger charge is -2.24. The van der Waals surface area contributed by atoms with Crippen molar-refractivity contribution < 1.29 is 14.0 Å². The van der Waals surface area contributed by atoms with Crippen LogP contribution in [0.15, 0.2) is 76.2 Å². The van der Waals surface area contributed by atoms with E-state index in [0.29, 0.717) is 42.7 Å². The van der Waals surface area contributed by atoms with Crippen molar-refractivity contribution >= 4 is 22.9 Å². The Hall–Kier alpha value is -4.20. The highest BCUT2D eigenvalue weighted by molar-refractivity contribution is 5.97. The molecule has 2 aromatic heterocycles. The summed E-state index contributed by atoms with van der Waals surface area (Å²) in [4.78, 5) is 45.9. The van der Waals surface area contributed by atoms with E-state index in [1.165, 1.54) is 0 Å². The first-order chi connectivity index (χ1) is 16.1. The summed E-state index contributed by atoms with van der Waals surface area (Å²) in [6.45, 7) is 1.10. The molecule has 2 N–H and O–H groups in total. The van der Waals surface area contributed by atoms with Crippen LogP contribution in [0.1, 0.15) is 15.9 Å². The standard InChI is InChI=1S/C25H22N4O4/c30-23-19(13-17-3-1-2-4-20(17)16-7-9-26-10-8-16)15-29(12-11-27-23)24(31)18-5-6-22-21(14-18)28-25(32)33-22/h1-10,14,19H,11-13,15H2,(H,27,30)(H,28,32)/t19-/m0/s1. The van der Waals surface area contributed by atoms with Crippen LogP contribution in [0, 0.1) is 5.92 Å². The molecule has 5 rings (SSSR count). The molecule has 8 heteroatoms. The fraction of sp³-hybridized carbons (Fsp3) is 0.200. The van der Waals surface area contributed by atoms with Gasteiger partial charge in [0, 0.05) is 37.6 Å². The zero-order valence-corrected chi connectivity index (χ0v) is 17.8. The maximum Gasteiger partial charge on any atom is 0.417 e. The van der Waals surface area contributed by atoms with Crippen molar-refractivity contribution in [1.82, 2.24) is 20.2 Å². The second-order valence-electron chi connectivity index (χ2n) is 8.06. The van der Waals surface area contributed by atoms with Crippen LogP contribution in [-0.4, -0.2) is 46.3 Å². The van der Waals surface area contributed by atoms with Gasteiger partial charge in [0.15, 0.2) is 5.58 Å². The molecule has 1 saturated heterocycles. The molecule has 3 heterocycles. The second-order valence-corrected chi connectivity index (χ2v) is 8.06. The Balaban J connectivity index is 1.40. The number of carbonyl (C=O) groups excluding carboxylic acids is 2. The third kappa shape index (κ3) is 4.27. The first kappa shape index (κ1) is 20.7. The summed E-state index contributed by atoms with van der Waals surface area (Å²) in [6.07, 6.45) is 3.99. The van der Waals surface area contributed by atoms with Gasteiger partial charge in [0.25, 0.3) is 5.91 Å². The van der Waals surface area contributed by atoms with Crippen LogP contribution in [0.3, 0.4) is 0 Å². The third-order valence-corrected chi connectivity index (χ3v) is 5.92. The topological polar surface area (TPSA) is 108 Å². The minimum Gasteiger partial charge on any atom is -0.408 e. The lowest BCUT2D eigenvalue weighted by atomic mass is 9.91. The first-order valence-corrected chi connectivity index (χ1v) is 10.8. The Morgan fingerprint density at radius 2 is 1.91 bits per heavy atom. The summed E-state index contributed by atoms with van der Waals surface area (Å²) in [7, 11) is 0. The maximum absolute atomic E-state index is 13.3. The summed E-state index contributed by atoms with van der Waals surface area (Å²) in [6, 6.07) is 16.7. The van der Waals surface area contributed by atoms with Crippen molar-refractivity contribution in [2.45, 2.75) is 6.42 Å². The number of aromatic nitrogens is 2. The zero-order valence-electron chi connectivity index (χ0n) is 17.8. The summed E-state index contributed by atoms with van der Waals surface area (Å²) in [5, 5.41) is 2.94. The normalized spacial score (nSPS) is 16.4. The number of rotatable bonds is 4. The molecule has 1 aliphatic rings. The number of hydrogen-bond donors (Lipinski definition) is 2. The molecule has 0 radical (unpaired) electrons. The number of pyridine rings is 1. The predicted octanol–water partition coefficient (Wildman–Crippen LogP) is 2.61. The van der Waals surface area contributed by atoms with Crippen molar-refractivity contribution in [3.63, 3.8) is 0 Å². The number of H-pyrrole nitrogens is 1. The number of hydrogen-bond acceptors (Lipinski definition) is 5. The third-order valence-electron chi connectivity index (χ3n) is 5.92. The second kappa shape index (κ2) is 8.74. The number of amides is 2. The minimum atomic E-state index is -0.563. The first-order valence-electron chi connectivity index (χ1n) is 10.8. The van der Waals surface area contributed by atoms with Crippen LogP contribution in [0.5, 0.6) is 0 Å². The Bertz CT molecular complexity index is 1380. The van der Waals surface area contributed by atoms with E-state index in [2.05, 4.69) is 15.3 Å². The average Bonchev–Trinajstić information content (AvgIpc) is 3.12. The van der Waals surface area contributed by atoms with E-state index in [0.717, 1.165) is 16.7 Å². The SMILES string of the molecule is O=C1NCCN(C(=O)c2ccc3oc(=O)[nH]c3c2)C[C@@H]1Cc1ccccc1-c1ccncc1. The largest absolute Gasteiger partial charge is 0.417 e. The quantitative estimate of drug-likeness (QED) is 0.505. The minimum absolute atomic E-state index is 0.0653. The van der Waals surface area contributed by atoms with Gasteiger partial charge >= 0.3 is 5.76 Å². The van der Waals surface area contributed by atoms with E-state index in [4.69, 9.17) is 4.42 Å². The van der Waals surface area contributed by atoms with Crippen molar-refractivity contribution in [2.75, 3.05) is 19.6 Å². The molecule has 1 atom stereocenters. The summed E-state index contributed by atoms with van der Waals surface area (Å²) < 4.78 is 5.02. The Morgan fingerprint density at radius 3 is 2.76 bits per heavy atom. The Morgan fingerprint density at radius 1 is 1.09 bits per heavy atom. The number of oxazole rings is 1. The lowest BCUT2D eigenvalue weighted by Crippen LogP contribution is -2.37. The van der Waals surface area contributed by atoms with Crippen molar-refractivity contribution in [3.05, 3.63) is 88.7 Å². The Kier molecular flexibility index (Phi) is 5.48. The molecule has 0 spiro atoms. The van der Waals surface area contributed by atoms with E-state index in [9.17, 15) is 14.4 Å². The van der Waals surface area contributed by atoms with Gasteiger partial charge in [-0.3, -0.25) is 19.6 Å². The summed E-state index contributed by atoms with van der Waals surface area (Å²) in [5.74, 6) is -1.21. The van der Waals surface area contributed by atoms with Crippen molar-refractivity contribution in [3.8, 4) is 11.1 Å². The van der Waals surface area contributed by atoms with Crippen LogP contribution < -0.4 is 11.1 Å². The molecule has 0 saturated carbocycles. The van der Waals surface area contributed by atoms with E-state index < -0.39 is 11.7 Å². The highest BCUT2D eigenvalue weighted by atomic mass is 16.4. The zero-order chi connectivity index (χ0) is 22.8. The molecule has 2 aromatic carbocycles. The molecule has 1 fully saturated rings. The highest BCUT2D eigenvalue weighted by Crippen LogP contribution is 2.26. The number of aromatic amines is 1. The molecule has 2 amide bonds. The van der Waals surface area contributed by atoms with Gasteiger partial charge < -0.3 is 14.6 Å². The molecular weight excluding hydrogens is 420 g/mol. The number of fused-ring (bicyclic) bond motifs is 1. The molecule has 0 bridgehead atoms. The van der Waals surface area contributed by atoms with Gasteiger partial charge in [0.2, 0.25) is 5.91 Å². The van der Waals surface area contributed by atoms with Crippen molar-refractivity contribution in [2.24, 2.45) is 5.92 Å². The van der Waals surface area contributed by atoms with E-state index in [1.807, 2.05) is 36.4 Å². The smallest absolute Gasteiger partial charge is 0.408 e. The van der Waals surface area contributed by atoms with Gasteiger partial charge in [-0.1, -0.05) is 24.3 Å². The van der Waals surface area contributed by atoms with Crippen LogP contribution in [0.25, 0.3) is 22.2 Å². The van der Waals surface area contributed by atoms with Gasteiger partial charge in [-0.25, -0.2) is 4.79 Å². The molecule has 0 aliphatic carbocycles. The fourth-order valence-electron chi connectivity index (χ4n) is 4.28. The van der Waals surface area contributed by atoms with Crippen LogP contribution >= 0.6 is 0 Å². The number of carbonyl (C=O) groups is 2. The number of nitrogens with zero attached hydrogens (tertiary/aromatic N) is 2. The monoisotopic (exact) mass is 442 g/mol. The molecule has 33 heavy (non-hydrogen) atoms. The van der Waals surface area contributed by atoms with Crippen molar-refractivity contribution in [1.29, 1.82) is 0 Å². The van der Waals surface area contributed by atoms with Gasteiger partial charge in [-0.15, -0.1) is 0 Å². The highest BCUT2D eigenvalue weighted by Gasteiger charge is 2.29.